The Kier molecular flexibility index (Phi) is 3.80. The summed E-state index contributed by atoms with van der Waals surface area (Å²) in [6, 6.07) is 3.45. The number of hydrogen-bond acceptors (Lipinski definition) is 3. The molecule has 0 fully saturated rings. The lowest BCUT2D eigenvalue weighted by Gasteiger charge is -2.23. The van der Waals surface area contributed by atoms with E-state index in [1.807, 2.05) is 0 Å². The van der Waals surface area contributed by atoms with E-state index >= 15 is 0 Å². The van der Waals surface area contributed by atoms with Gasteiger partial charge in [0.2, 0.25) is 0 Å². The lowest BCUT2D eigenvalue weighted by Crippen LogP contribution is -2.22. The number of anilines is 2. The van der Waals surface area contributed by atoms with Crippen LogP contribution in [-0.2, 0) is 0 Å². The number of hydrogen-bond donors (Lipinski definition) is 2. The first-order chi connectivity index (χ1) is 6.94. The molecule has 0 atom stereocenters. The van der Waals surface area contributed by atoms with Crippen molar-refractivity contribution in [3.63, 3.8) is 0 Å². The topological polar surface area (TPSA) is 50.9 Å². The molecule has 0 aliphatic heterocycles. The molecule has 0 saturated heterocycles. The minimum absolute atomic E-state index is 0.233. The van der Waals surface area contributed by atoms with E-state index in [-0.39, 0.29) is 5.41 Å². The van der Waals surface area contributed by atoms with E-state index in [4.69, 9.17) is 17.3 Å². The number of aromatic nitrogens is 1. The third-order valence-electron chi connectivity index (χ3n) is 2.58. The number of nitrogens with zero attached hydrogens (tertiary/aromatic N) is 1. The minimum Gasteiger partial charge on any atom is -0.396 e. The van der Waals surface area contributed by atoms with Crippen LogP contribution in [0.1, 0.15) is 27.2 Å². The molecule has 0 aromatic carbocycles. The number of nitrogens with one attached hydrogen (secondary N) is 1. The Bertz CT molecular complexity index is 337. The van der Waals surface area contributed by atoms with Crippen molar-refractivity contribution < 1.29 is 0 Å². The van der Waals surface area contributed by atoms with Gasteiger partial charge in [-0.25, -0.2) is 4.98 Å². The molecule has 84 valence electrons. The number of rotatable bonds is 4. The highest BCUT2D eigenvalue weighted by Gasteiger charge is 2.15. The maximum Gasteiger partial charge on any atom is 0.150 e. The smallest absolute Gasteiger partial charge is 0.150 e. The molecule has 0 radical (unpaired) electrons. The standard InChI is InChI=1S/C11H18ClN3/c1-4-11(2,3)7-14-10-8(13)5-6-9(12)15-10/h5-6H,4,7,13H2,1-3H3,(H,14,15). The Labute approximate surface area is 96.0 Å². The first-order valence-electron chi connectivity index (χ1n) is 5.10. The summed E-state index contributed by atoms with van der Waals surface area (Å²) < 4.78 is 0. The maximum atomic E-state index is 5.79. The zero-order valence-electron chi connectivity index (χ0n) is 9.47. The highest BCUT2D eigenvalue weighted by atomic mass is 35.5. The summed E-state index contributed by atoms with van der Waals surface area (Å²) in [4.78, 5) is 4.14. The number of nitrogens with two attached hydrogens (primary N) is 1. The molecule has 1 rings (SSSR count). The summed E-state index contributed by atoms with van der Waals surface area (Å²) in [6.45, 7) is 7.39. The van der Waals surface area contributed by atoms with Crippen LogP contribution in [0.25, 0.3) is 0 Å². The summed E-state index contributed by atoms with van der Waals surface area (Å²) in [6.07, 6.45) is 1.10. The van der Waals surface area contributed by atoms with Crippen molar-refractivity contribution in [2.75, 3.05) is 17.6 Å². The van der Waals surface area contributed by atoms with Gasteiger partial charge in [-0.1, -0.05) is 32.4 Å². The lowest BCUT2D eigenvalue weighted by molar-refractivity contribution is 0.376. The first-order valence-corrected chi connectivity index (χ1v) is 5.48. The second kappa shape index (κ2) is 4.71. The Hall–Kier alpha value is -0.960. The molecule has 0 aliphatic rings. The molecule has 0 amide bonds. The van der Waals surface area contributed by atoms with Crippen molar-refractivity contribution in [1.29, 1.82) is 0 Å². The van der Waals surface area contributed by atoms with Crippen molar-refractivity contribution in [3.05, 3.63) is 17.3 Å². The second-order valence-corrected chi connectivity index (χ2v) is 4.83. The van der Waals surface area contributed by atoms with Crippen LogP contribution in [0.5, 0.6) is 0 Å². The van der Waals surface area contributed by atoms with E-state index in [0.717, 1.165) is 13.0 Å². The largest absolute Gasteiger partial charge is 0.396 e. The third kappa shape index (κ3) is 3.59. The van der Waals surface area contributed by atoms with E-state index in [0.29, 0.717) is 16.7 Å². The summed E-state index contributed by atoms with van der Waals surface area (Å²) in [5.74, 6) is 0.670. The molecule has 3 N–H and O–H groups in total. The van der Waals surface area contributed by atoms with Crippen LogP contribution < -0.4 is 11.1 Å². The third-order valence-corrected chi connectivity index (χ3v) is 2.79. The maximum absolute atomic E-state index is 5.79. The van der Waals surface area contributed by atoms with Crippen LogP contribution in [0.3, 0.4) is 0 Å². The normalized spacial score (nSPS) is 11.5. The van der Waals surface area contributed by atoms with Gasteiger partial charge in [-0.2, -0.15) is 0 Å². The van der Waals surface area contributed by atoms with Crippen LogP contribution in [0, 0.1) is 5.41 Å². The van der Waals surface area contributed by atoms with E-state index in [9.17, 15) is 0 Å². The average molecular weight is 228 g/mol. The van der Waals surface area contributed by atoms with Crippen LogP contribution in [0.15, 0.2) is 12.1 Å². The molecular formula is C11H18ClN3. The van der Waals surface area contributed by atoms with Gasteiger partial charge in [-0.05, 0) is 24.0 Å². The molecule has 0 aliphatic carbocycles. The number of nitrogen functional groups attached to an aromatic ring is 1. The Morgan fingerprint density at radius 3 is 2.73 bits per heavy atom. The van der Waals surface area contributed by atoms with E-state index in [1.54, 1.807) is 12.1 Å². The predicted molar refractivity (Wildman–Crippen MR) is 66.2 cm³/mol. The van der Waals surface area contributed by atoms with Gasteiger partial charge < -0.3 is 11.1 Å². The van der Waals surface area contributed by atoms with E-state index in [2.05, 4.69) is 31.1 Å². The quantitative estimate of drug-likeness (QED) is 0.777. The highest BCUT2D eigenvalue weighted by molar-refractivity contribution is 6.29. The number of pyridine rings is 1. The molecule has 0 spiro atoms. The van der Waals surface area contributed by atoms with Gasteiger partial charge in [-0.3, -0.25) is 0 Å². The fourth-order valence-electron chi connectivity index (χ4n) is 1.04. The summed E-state index contributed by atoms with van der Waals surface area (Å²) in [5, 5.41) is 3.68. The number of halogens is 1. The van der Waals surface area contributed by atoms with E-state index in [1.165, 1.54) is 0 Å². The highest BCUT2D eigenvalue weighted by Crippen LogP contribution is 2.23. The zero-order valence-corrected chi connectivity index (χ0v) is 10.2. The Morgan fingerprint density at radius 1 is 1.47 bits per heavy atom. The van der Waals surface area contributed by atoms with Crippen LogP contribution in [0.2, 0.25) is 5.15 Å². The molecule has 1 heterocycles. The van der Waals surface area contributed by atoms with Gasteiger partial charge in [-0.15, -0.1) is 0 Å². The first kappa shape index (κ1) is 12.1. The lowest BCUT2D eigenvalue weighted by atomic mass is 9.90. The van der Waals surface area contributed by atoms with Crippen molar-refractivity contribution in [3.8, 4) is 0 Å². The van der Waals surface area contributed by atoms with Gasteiger partial charge in [0.05, 0.1) is 5.69 Å². The van der Waals surface area contributed by atoms with Crippen LogP contribution in [-0.4, -0.2) is 11.5 Å². The fraction of sp³-hybridized carbons (Fsp3) is 0.545. The van der Waals surface area contributed by atoms with E-state index < -0.39 is 0 Å². The van der Waals surface area contributed by atoms with Gasteiger partial charge in [0.15, 0.2) is 5.82 Å². The van der Waals surface area contributed by atoms with Crippen LogP contribution in [0.4, 0.5) is 11.5 Å². The zero-order chi connectivity index (χ0) is 11.5. The van der Waals surface area contributed by atoms with Crippen molar-refractivity contribution >= 4 is 23.1 Å². The van der Waals surface area contributed by atoms with Gasteiger partial charge >= 0.3 is 0 Å². The molecule has 3 nitrogen and oxygen atoms in total. The molecule has 0 bridgehead atoms. The predicted octanol–water partition coefficient (Wildman–Crippen LogP) is 3.17. The van der Waals surface area contributed by atoms with Gasteiger partial charge in [0.1, 0.15) is 5.15 Å². The summed E-state index contributed by atoms with van der Waals surface area (Å²) >= 11 is 5.79. The van der Waals surface area contributed by atoms with Crippen molar-refractivity contribution in [1.82, 2.24) is 4.98 Å². The van der Waals surface area contributed by atoms with Crippen molar-refractivity contribution in [2.24, 2.45) is 5.41 Å². The molecule has 1 aromatic heterocycles. The molecule has 0 saturated carbocycles. The second-order valence-electron chi connectivity index (χ2n) is 4.44. The van der Waals surface area contributed by atoms with Crippen molar-refractivity contribution in [2.45, 2.75) is 27.2 Å². The van der Waals surface area contributed by atoms with Gasteiger partial charge in [0.25, 0.3) is 0 Å². The molecule has 0 unspecified atom stereocenters. The van der Waals surface area contributed by atoms with Crippen LogP contribution >= 0.6 is 11.6 Å². The summed E-state index contributed by atoms with van der Waals surface area (Å²) in [5.41, 5.74) is 6.64. The monoisotopic (exact) mass is 227 g/mol. The summed E-state index contributed by atoms with van der Waals surface area (Å²) in [7, 11) is 0. The molecular weight excluding hydrogens is 210 g/mol. The fourth-order valence-corrected chi connectivity index (χ4v) is 1.18. The average Bonchev–Trinajstić information content (AvgIpc) is 2.20. The Morgan fingerprint density at radius 2 is 2.13 bits per heavy atom. The Balaban J connectivity index is 2.69. The van der Waals surface area contributed by atoms with Gasteiger partial charge in [0, 0.05) is 6.54 Å². The molecule has 1 aromatic rings. The SMILES string of the molecule is CCC(C)(C)CNc1nc(Cl)ccc1N. The minimum atomic E-state index is 0.233. The molecule has 4 heteroatoms. The molecule has 15 heavy (non-hydrogen) atoms.